The van der Waals surface area contributed by atoms with Gasteiger partial charge in [-0.15, -0.1) is 0 Å². The average Bonchev–Trinajstić information content (AvgIpc) is 3.20. The molecular formula is C19H25ClN4O3. The number of carbonyl (C=O) groups is 3. The molecule has 0 aliphatic carbocycles. The summed E-state index contributed by atoms with van der Waals surface area (Å²) >= 11 is 6.09. The third-order valence-electron chi connectivity index (χ3n) is 5.11. The molecule has 0 atom stereocenters. The molecule has 1 aromatic carbocycles. The van der Waals surface area contributed by atoms with Gasteiger partial charge in [-0.3, -0.25) is 14.4 Å². The van der Waals surface area contributed by atoms with Crippen molar-refractivity contribution < 1.29 is 14.4 Å². The first-order valence-electron chi connectivity index (χ1n) is 9.31. The van der Waals surface area contributed by atoms with Crippen LogP contribution in [0.1, 0.15) is 30.1 Å². The van der Waals surface area contributed by atoms with Crippen LogP contribution in [0, 0.1) is 0 Å². The van der Waals surface area contributed by atoms with Crippen LogP contribution in [-0.2, 0) is 9.59 Å². The normalized spacial score (nSPS) is 17.2. The zero-order valence-corrected chi connectivity index (χ0v) is 16.3. The van der Waals surface area contributed by atoms with E-state index in [9.17, 15) is 14.4 Å². The average molecular weight is 393 g/mol. The summed E-state index contributed by atoms with van der Waals surface area (Å²) in [4.78, 5) is 41.9. The van der Waals surface area contributed by atoms with Crippen LogP contribution in [-0.4, -0.2) is 78.2 Å². The van der Waals surface area contributed by atoms with E-state index in [4.69, 9.17) is 11.6 Å². The van der Waals surface area contributed by atoms with Gasteiger partial charge in [0.2, 0.25) is 11.8 Å². The summed E-state index contributed by atoms with van der Waals surface area (Å²) in [7, 11) is 0. The third-order valence-corrected chi connectivity index (χ3v) is 5.35. The molecule has 146 valence electrons. The van der Waals surface area contributed by atoms with Crippen molar-refractivity contribution in [3.63, 3.8) is 0 Å². The second kappa shape index (κ2) is 8.61. The van der Waals surface area contributed by atoms with Crippen LogP contribution in [0.3, 0.4) is 0 Å². The minimum absolute atomic E-state index is 0.0317. The Kier molecular flexibility index (Phi) is 6.21. The second-order valence-corrected chi connectivity index (χ2v) is 7.37. The first-order chi connectivity index (χ1) is 13.0. The van der Waals surface area contributed by atoms with Gasteiger partial charge in [-0.25, -0.2) is 0 Å². The number of nitrogens with one attached hydrogen (secondary N) is 1. The maximum atomic E-state index is 12.7. The molecule has 0 aromatic heterocycles. The predicted octanol–water partition coefficient (Wildman–Crippen LogP) is 1.68. The molecule has 2 aliphatic rings. The van der Waals surface area contributed by atoms with Gasteiger partial charge in [0, 0.05) is 56.9 Å². The van der Waals surface area contributed by atoms with Crippen LogP contribution < -0.4 is 5.32 Å². The van der Waals surface area contributed by atoms with E-state index in [0.29, 0.717) is 42.5 Å². The fraction of sp³-hybridized carbons (Fsp3) is 0.526. The van der Waals surface area contributed by atoms with Crippen molar-refractivity contribution in [2.45, 2.75) is 19.8 Å². The molecule has 2 aliphatic heterocycles. The van der Waals surface area contributed by atoms with Gasteiger partial charge in [0.25, 0.3) is 5.91 Å². The molecule has 3 rings (SSSR count). The van der Waals surface area contributed by atoms with Gasteiger partial charge >= 0.3 is 0 Å². The Morgan fingerprint density at radius 3 is 2.22 bits per heavy atom. The van der Waals surface area contributed by atoms with Crippen molar-refractivity contribution in [2.24, 2.45) is 0 Å². The minimum atomic E-state index is -0.0576. The number of halogens is 1. The Hall–Kier alpha value is -2.28. The second-order valence-electron chi connectivity index (χ2n) is 6.93. The highest BCUT2D eigenvalue weighted by atomic mass is 35.5. The smallest absolute Gasteiger partial charge is 0.255 e. The first-order valence-corrected chi connectivity index (χ1v) is 9.69. The third kappa shape index (κ3) is 4.71. The number of nitrogens with zero attached hydrogens (tertiary/aromatic N) is 3. The molecule has 0 bridgehead atoms. The van der Waals surface area contributed by atoms with Gasteiger partial charge in [-0.05, 0) is 31.0 Å². The van der Waals surface area contributed by atoms with E-state index in [1.54, 1.807) is 28.0 Å². The lowest BCUT2D eigenvalue weighted by molar-refractivity contribution is -0.137. The summed E-state index contributed by atoms with van der Waals surface area (Å²) in [6.07, 6.45) is 2.04. The Balaban J connectivity index is 1.62. The summed E-state index contributed by atoms with van der Waals surface area (Å²) in [6.45, 7) is 5.30. The molecule has 1 N–H and O–H groups in total. The van der Waals surface area contributed by atoms with Crippen molar-refractivity contribution in [1.82, 2.24) is 14.7 Å². The maximum Gasteiger partial charge on any atom is 0.255 e. The van der Waals surface area contributed by atoms with Gasteiger partial charge in [0.1, 0.15) is 0 Å². The Morgan fingerprint density at radius 2 is 1.59 bits per heavy atom. The minimum Gasteiger partial charge on any atom is -0.375 e. The molecule has 7 nitrogen and oxygen atoms in total. The lowest BCUT2D eigenvalue weighted by atomic mass is 10.1. The predicted molar refractivity (Wildman–Crippen MR) is 104 cm³/mol. The molecule has 0 saturated carbocycles. The largest absolute Gasteiger partial charge is 0.375 e. The lowest BCUT2D eigenvalue weighted by Gasteiger charge is -2.34. The first kappa shape index (κ1) is 19.5. The van der Waals surface area contributed by atoms with Crippen LogP contribution in [0.15, 0.2) is 18.2 Å². The number of hydrogen-bond acceptors (Lipinski definition) is 4. The quantitative estimate of drug-likeness (QED) is 0.846. The van der Waals surface area contributed by atoms with E-state index in [2.05, 4.69) is 5.32 Å². The van der Waals surface area contributed by atoms with E-state index >= 15 is 0 Å². The molecule has 27 heavy (non-hydrogen) atoms. The topological polar surface area (TPSA) is 73.0 Å². The van der Waals surface area contributed by atoms with Crippen molar-refractivity contribution >= 4 is 35.0 Å². The number of piperazine rings is 1. The summed E-state index contributed by atoms with van der Waals surface area (Å²) in [5.74, 6) is -0.0591. The van der Waals surface area contributed by atoms with Gasteiger partial charge in [0.05, 0.1) is 12.1 Å². The standard InChI is InChI=1S/C19H25ClN4O3/c1-14(25)22-8-10-23(11-9-22)18(26)13-21-17-12-15(20)4-5-16(17)19(27)24-6-2-3-7-24/h4-5,12,21H,2-3,6-11,13H2,1H3. The van der Waals surface area contributed by atoms with E-state index in [0.717, 1.165) is 25.9 Å². The van der Waals surface area contributed by atoms with Crippen LogP contribution in [0.2, 0.25) is 5.02 Å². The Labute approximate surface area is 164 Å². The Morgan fingerprint density at radius 1 is 0.963 bits per heavy atom. The molecule has 0 spiro atoms. The lowest BCUT2D eigenvalue weighted by Crippen LogP contribution is -2.51. The van der Waals surface area contributed by atoms with Gasteiger partial charge in [-0.2, -0.15) is 0 Å². The van der Waals surface area contributed by atoms with Crippen molar-refractivity contribution in [3.8, 4) is 0 Å². The van der Waals surface area contributed by atoms with E-state index in [-0.39, 0.29) is 24.3 Å². The molecule has 0 radical (unpaired) electrons. The van der Waals surface area contributed by atoms with Crippen LogP contribution in [0.4, 0.5) is 5.69 Å². The highest BCUT2D eigenvalue weighted by Gasteiger charge is 2.24. The van der Waals surface area contributed by atoms with E-state index in [1.807, 2.05) is 4.90 Å². The molecular weight excluding hydrogens is 368 g/mol. The van der Waals surface area contributed by atoms with Crippen LogP contribution in [0.5, 0.6) is 0 Å². The summed E-state index contributed by atoms with van der Waals surface area (Å²) in [5.41, 5.74) is 1.12. The van der Waals surface area contributed by atoms with Gasteiger partial charge in [0.15, 0.2) is 0 Å². The molecule has 8 heteroatoms. The molecule has 1 aromatic rings. The molecule has 2 heterocycles. The zero-order valence-electron chi connectivity index (χ0n) is 15.5. The fourth-order valence-electron chi connectivity index (χ4n) is 3.49. The molecule has 2 saturated heterocycles. The van der Waals surface area contributed by atoms with Crippen LogP contribution in [0.25, 0.3) is 0 Å². The fourth-order valence-corrected chi connectivity index (χ4v) is 3.67. The number of likely N-dealkylation sites (tertiary alicyclic amines) is 1. The highest BCUT2D eigenvalue weighted by molar-refractivity contribution is 6.31. The Bertz CT molecular complexity index is 726. The monoisotopic (exact) mass is 392 g/mol. The number of benzene rings is 1. The number of hydrogen-bond donors (Lipinski definition) is 1. The molecule has 0 unspecified atom stereocenters. The van der Waals surface area contributed by atoms with Crippen molar-refractivity contribution in [1.29, 1.82) is 0 Å². The van der Waals surface area contributed by atoms with Crippen molar-refractivity contribution in [2.75, 3.05) is 51.1 Å². The van der Waals surface area contributed by atoms with Crippen molar-refractivity contribution in [3.05, 3.63) is 28.8 Å². The maximum absolute atomic E-state index is 12.7. The SMILES string of the molecule is CC(=O)N1CCN(C(=O)CNc2cc(Cl)ccc2C(=O)N2CCCC2)CC1. The van der Waals surface area contributed by atoms with E-state index in [1.165, 1.54) is 6.92 Å². The number of amides is 3. The highest BCUT2D eigenvalue weighted by Crippen LogP contribution is 2.24. The number of anilines is 1. The summed E-state index contributed by atoms with van der Waals surface area (Å²) in [6, 6.07) is 5.09. The number of carbonyl (C=O) groups excluding carboxylic acids is 3. The van der Waals surface area contributed by atoms with Crippen LogP contribution >= 0.6 is 11.6 Å². The van der Waals surface area contributed by atoms with E-state index < -0.39 is 0 Å². The van der Waals surface area contributed by atoms with Gasteiger partial charge < -0.3 is 20.0 Å². The van der Waals surface area contributed by atoms with Gasteiger partial charge in [-0.1, -0.05) is 11.6 Å². The zero-order chi connectivity index (χ0) is 19.4. The summed E-state index contributed by atoms with van der Waals surface area (Å²) in [5, 5.41) is 3.60. The molecule has 3 amide bonds. The summed E-state index contributed by atoms with van der Waals surface area (Å²) < 4.78 is 0. The molecule has 2 fully saturated rings. The number of rotatable bonds is 4.